The molecule has 0 amide bonds. The molecule has 0 fully saturated rings. The molecule has 0 aliphatic heterocycles. The predicted molar refractivity (Wildman–Crippen MR) is 116 cm³/mol. The Kier molecular flexibility index (Phi) is 12.3. The molecule has 172 valence electrons. The fourth-order valence-corrected chi connectivity index (χ4v) is 3.20. The maximum Gasteiger partial charge on any atom is 0.147 e. The van der Waals surface area contributed by atoms with E-state index in [-0.39, 0.29) is 26.1 Å². The molecule has 4 atom stereocenters. The van der Waals surface area contributed by atoms with Gasteiger partial charge in [0.1, 0.15) is 25.8 Å². The third kappa shape index (κ3) is 9.45. The molecule has 0 bridgehead atoms. The minimum absolute atomic E-state index is 0.000268. The van der Waals surface area contributed by atoms with Crippen LogP contribution in [0.1, 0.15) is 30.1 Å². The minimum atomic E-state index is -1.16. The van der Waals surface area contributed by atoms with Crippen molar-refractivity contribution in [3.05, 3.63) is 71.8 Å². The van der Waals surface area contributed by atoms with Crippen molar-refractivity contribution in [1.82, 2.24) is 0 Å². The van der Waals surface area contributed by atoms with Gasteiger partial charge in [0.05, 0.1) is 18.8 Å². The highest BCUT2D eigenvalue weighted by atomic mass is 16.7. The summed E-state index contributed by atoms with van der Waals surface area (Å²) < 4.78 is 27.1. The van der Waals surface area contributed by atoms with Crippen LogP contribution in [0.3, 0.4) is 0 Å². The first kappa shape index (κ1) is 25.4. The normalized spacial score (nSPS) is 15.4. The van der Waals surface area contributed by atoms with Crippen LogP contribution in [0, 0.1) is 0 Å². The smallest absolute Gasteiger partial charge is 0.147 e. The van der Waals surface area contributed by atoms with Crippen LogP contribution in [0.2, 0.25) is 0 Å². The fourth-order valence-electron chi connectivity index (χ4n) is 3.20. The van der Waals surface area contributed by atoms with Crippen LogP contribution in [-0.2, 0) is 30.3 Å². The molecule has 0 spiro atoms. The number of rotatable bonds is 16. The Labute approximate surface area is 184 Å². The number of benzene rings is 2. The summed E-state index contributed by atoms with van der Waals surface area (Å²) in [5.74, 6) is 0. The van der Waals surface area contributed by atoms with Gasteiger partial charge in [0, 0.05) is 27.2 Å². The third-order valence-corrected chi connectivity index (χ3v) is 4.82. The van der Waals surface area contributed by atoms with Crippen molar-refractivity contribution in [2.24, 2.45) is 0 Å². The van der Waals surface area contributed by atoms with Gasteiger partial charge in [0.25, 0.3) is 0 Å². The average molecular weight is 435 g/mol. The van der Waals surface area contributed by atoms with E-state index in [1.54, 1.807) is 0 Å². The molecule has 0 saturated heterocycles. The number of hydrogen-bond donors (Lipinski definition) is 2. The fraction of sp³-hybridized carbons (Fsp3) is 0.500. The second-order valence-electron chi connectivity index (χ2n) is 7.22. The average Bonchev–Trinajstić information content (AvgIpc) is 2.81. The molecule has 2 rings (SSSR count). The lowest BCUT2D eigenvalue weighted by molar-refractivity contribution is -0.152. The highest BCUT2D eigenvalue weighted by Gasteiger charge is 2.30. The zero-order valence-electron chi connectivity index (χ0n) is 18.3. The monoisotopic (exact) mass is 434 g/mol. The van der Waals surface area contributed by atoms with Gasteiger partial charge in [-0.2, -0.15) is 0 Å². The molecule has 7 heteroatoms. The molecular weight excluding hydrogens is 400 g/mol. The Morgan fingerprint density at radius 1 is 0.806 bits per heavy atom. The summed E-state index contributed by atoms with van der Waals surface area (Å²) in [7, 11) is 3.05. The maximum atomic E-state index is 10.8. The van der Waals surface area contributed by atoms with E-state index in [0.29, 0.717) is 19.6 Å². The number of ether oxygens (including phenoxy) is 5. The summed E-state index contributed by atoms with van der Waals surface area (Å²) in [5.41, 5.74) is 1.85. The maximum absolute atomic E-state index is 10.8. The van der Waals surface area contributed by atoms with Crippen LogP contribution in [0.15, 0.2) is 60.7 Å². The van der Waals surface area contributed by atoms with Crippen LogP contribution in [0.25, 0.3) is 0 Å². The zero-order valence-corrected chi connectivity index (χ0v) is 18.3. The van der Waals surface area contributed by atoms with E-state index in [0.717, 1.165) is 11.1 Å². The van der Waals surface area contributed by atoms with Crippen molar-refractivity contribution in [2.75, 3.05) is 34.4 Å². The van der Waals surface area contributed by atoms with Crippen molar-refractivity contribution >= 4 is 0 Å². The second-order valence-corrected chi connectivity index (χ2v) is 7.22. The van der Waals surface area contributed by atoms with Gasteiger partial charge in [-0.15, -0.1) is 0 Å². The molecule has 0 unspecified atom stereocenters. The van der Waals surface area contributed by atoms with E-state index in [1.807, 2.05) is 60.7 Å². The standard InChI is InChI=1S/C24H34O7/c1-27-17-30-21(13-14-29-16-19-9-5-3-6-10-19)15-22(25)23(26)24(31-18-28-2)20-11-7-4-8-12-20/h3-12,21-26H,13-18H2,1-2H3/t21-,22+,23-,24+/m0/s1. The third-order valence-electron chi connectivity index (χ3n) is 4.82. The van der Waals surface area contributed by atoms with Crippen LogP contribution in [-0.4, -0.2) is 62.9 Å². The Morgan fingerprint density at radius 2 is 1.42 bits per heavy atom. The highest BCUT2D eigenvalue weighted by Crippen LogP contribution is 2.26. The molecule has 2 N–H and O–H groups in total. The zero-order chi connectivity index (χ0) is 22.3. The van der Waals surface area contributed by atoms with Crippen molar-refractivity contribution < 1.29 is 33.9 Å². The summed E-state index contributed by atoms with van der Waals surface area (Å²) >= 11 is 0. The topological polar surface area (TPSA) is 86.6 Å². The van der Waals surface area contributed by atoms with Crippen molar-refractivity contribution in [1.29, 1.82) is 0 Å². The van der Waals surface area contributed by atoms with Crippen molar-refractivity contribution in [3.8, 4) is 0 Å². The quantitative estimate of drug-likeness (QED) is 0.310. The molecule has 31 heavy (non-hydrogen) atoms. The molecule has 7 nitrogen and oxygen atoms in total. The number of aliphatic hydroxyl groups is 2. The molecule has 0 aliphatic rings. The highest BCUT2D eigenvalue weighted by molar-refractivity contribution is 5.19. The lowest BCUT2D eigenvalue weighted by Crippen LogP contribution is -2.37. The molecule has 0 aromatic heterocycles. The number of methoxy groups -OCH3 is 2. The molecule has 0 aliphatic carbocycles. The number of hydrogen-bond acceptors (Lipinski definition) is 7. The Balaban J connectivity index is 1.91. The van der Waals surface area contributed by atoms with Gasteiger partial charge in [-0.25, -0.2) is 0 Å². The molecular formula is C24H34O7. The van der Waals surface area contributed by atoms with Crippen LogP contribution < -0.4 is 0 Å². The van der Waals surface area contributed by atoms with E-state index >= 15 is 0 Å². The predicted octanol–water partition coefficient (Wildman–Crippen LogP) is 3.06. The van der Waals surface area contributed by atoms with Gasteiger partial charge >= 0.3 is 0 Å². The van der Waals surface area contributed by atoms with Gasteiger partial charge in [0.2, 0.25) is 0 Å². The van der Waals surface area contributed by atoms with Crippen LogP contribution in [0.5, 0.6) is 0 Å². The second kappa shape index (κ2) is 15.0. The molecule has 0 radical (unpaired) electrons. The van der Waals surface area contributed by atoms with Crippen LogP contribution >= 0.6 is 0 Å². The minimum Gasteiger partial charge on any atom is -0.390 e. The largest absolute Gasteiger partial charge is 0.390 e. The summed E-state index contributed by atoms with van der Waals surface area (Å²) in [5, 5.41) is 21.5. The SMILES string of the molecule is COCO[C@@H](CCOCc1ccccc1)C[C@@H](O)[C@H](O)[C@H](OCOC)c1ccccc1. The lowest BCUT2D eigenvalue weighted by Gasteiger charge is -2.29. The van der Waals surface area contributed by atoms with Gasteiger partial charge in [-0.3, -0.25) is 0 Å². The molecule has 0 heterocycles. The van der Waals surface area contributed by atoms with Gasteiger partial charge in [0.15, 0.2) is 0 Å². The van der Waals surface area contributed by atoms with E-state index < -0.39 is 18.3 Å². The van der Waals surface area contributed by atoms with E-state index in [1.165, 1.54) is 14.2 Å². The van der Waals surface area contributed by atoms with E-state index in [2.05, 4.69) is 0 Å². The molecule has 2 aromatic carbocycles. The first-order chi connectivity index (χ1) is 15.2. The van der Waals surface area contributed by atoms with Gasteiger partial charge in [-0.1, -0.05) is 60.7 Å². The van der Waals surface area contributed by atoms with E-state index in [9.17, 15) is 10.2 Å². The Morgan fingerprint density at radius 3 is 2.06 bits per heavy atom. The molecule has 2 aromatic rings. The Bertz CT molecular complexity index is 683. The Hall–Kier alpha value is -1.84. The lowest BCUT2D eigenvalue weighted by atomic mass is 9.96. The summed E-state index contributed by atoms with van der Waals surface area (Å²) in [6, 6.07) is 19.2. The van der Waals surface area contributed by atoms with Crippen molar-refractivity contribution in [2.45, 2.75) is 43.9 Å². The first-order valence-electron chi connectivity index (χ1n) is 10.4. The van der Waals surface area contributed by atoms with E-state index in [4.69, 9.17) is 23.7 Å². The molecule has 0 saturated carbocycles. The van der Waals surface area contributed by atoms with Gasteiger partial charge < -0.3 is 33.9 Å². The first-order valence-corrected chi connectivity index (χ1v) is 10.4. The van der Waals surface area contributed by atoms with Crippen molar-refractivity contribution in [3.63, 3.8) is 0 Å². The van der Waals surface area contributed by atoms with Crippen LogP contribution in [0.4, 0.5) is 0 Å². The summed E-state index contributed by atoms with van der Waals surface area (Å²) in [4.78, 5) is 0. The summed E-state index contributed by atoms with van der Waals surface area (Å²) in [6.45, 7) is 1.05. The van der Waals surface area contributed by atoms with Gasteiger partial charge in [-0.05, 0) is 17.5 Å². The summed E-state index contributed by atoms with van der Waals surface area (Å²) in [6.07, 6.45) is -2.55. The number of aliphatic hydroxyl groups excluding tert-OH is 2.